The maximum absolute atomic E-state index is 12.4. The quantitative estimate of drug-likeness (QED) is 0.546. The van der Waals surface area contributed by atoms with Crippen LogP contribution in [-0.2, 0) is 0 Å². The molecule has 1 aliphatic heterocycles. The number of carbonyl (C=O) groups is 1. The van der Waals surface area contributed by atoms with Crippen molar-refractivity contribution in [2.45, 2.75) is 44.8 Å². The van der Waals surface area contributed by atoms with Crippen molar-refractivity contribution in [2.75, 3.05) is 30.7 Å². The van der Waals surface area contributed by atoms with Crippen LogP contribution in [0.2, 0.25) is 0 Å². The van der Waals surface area contributed by atoms with E-state index in [1.807, 2.05) is 38.1 Å². The summed E-state index contributed by atoms with van der Waals surface area (Å²) in [5, 5.41) is 12.9. The normalized spacial score (nSPS) is 16.9. The summed E-state index contributed by atoms with van der Waals surface area (Å²) < 4.78 is 6.14. The minimum atomic E-state index is -0.679. The molecule has 1 unspecified atom stereocenters. The monoisotopic (exact) mass is 469 g/mol. The van der Waals surface area contributed by atoms with Crippen molar-refractivity contribution in [3.63, 3.8) is 0 Å². The highest BCUT2D eigenvalue weighted by molar-refractivity contribution is 6.05. The van der Waals surface area contributed by atoms with Gasteiger partial charge in [0.15, 0.2) is 0 Å². The minimum absolute atomic E-state index is 0. The molecule has 3 rings (SSSR count). The summed E-state index contributed by atoms with van der Waals surface area (Å²) in [4.78, 5) is 14.7. The third kappa shape index (κ3) is 8.57. The van der Waals surface area contributed by atoms with Crippen LogP contribution in [0.1, 0.15) is 43.5 Å². The van der Waals surface area contributed by atoms with Crippen molar-refractivity contribution in [1.82, 2.24) is 4.90 Å². The zero-order valence-corrected chi connectivity index (χ0v) is 19.7. The fourth-order valence-corrected chi connectivity index (χ4v) is 3.63. The molecule has 0 aromatic heterocycles. The number of para-hydroxylation sites is 2. The third-order valence-corrected chi connectivity index (χ3v) is 5.01. The Bertz CT molecular complexity index is 826. The highest BCUT2D eigenvalue weighted by Crippen LogP contribution is 2.22. The predicted molar refractivity (Wildman–Crippen MR) is 131 cm³/mol. The van der Waals surface area contributed by atoms with Gasteiger partial charge in [-0.15, -0.1) is 24.8 Å². The van der Waals surface area contributed by atoms with Crippen LogP contribution in [0, 0.1) is 0 Å². The van der Waals surface area contributed by atoms with Crippen LogP contribution in [0.3, 0.4) is 0 Å². The molecule has 0 aliphatic carbocycles. The predicted octanol–water partition coefficient (Wildman–Crippen LogP) is 4.37. The van der Waals surface area contributed by atoms with Gasteiger partial charge in [-0.2, -0.15) is 0 Å². The minimum Gasteiger partial charge on any atom is -0.490 e. The zero-order valence-electron chi connectivity index (χ0n) is 18.0. The first kappa shape index (κ1) is 27.0. The molecular formula is C23H33Cl2N3O3. The number of amides is 1. The Morgan fingerprint density at radius 1 is 1.13 bits per heavy atom. The zero-order chi connectivity index (χ0) is 20.9. The third-order valence-electron chi connectivity index (χ3n) is 5.01. The summed E-state index contributed by atoms with van der Waals surface area (Å²) >= 11 is 0. The number of anilines is 2. The van der Waals surface area contributed by atoms with Gasteiger partial charge in [-0.3, -0.25) is 4.79 Å². The van der Waals surface area contributed by atoms with E-state index in [0.29, 0.717) is 23.5 Å². The summed E-state index contributed by atoms with van der Waals surface area (Å²) in [6, 6.07) is 14.4. The van der Waals surface area contributed by atoms with E-state index >= 15 is 0 Å². The van der Waals surface area contributed by atoms with Gasteiger partial charge in [0.05, 0.1) is 23.1 Å². The number of benzene rings is 2. The average Bonchev–Trinajstić information content (AvgIpc) is 2.88. The van der Waals surface area contributed by atoms with Crippen molar-refractivity contribution in [1.29, 1.82) is 0 Å². The Morgan fingerprint density at radius 2 is 1.81 bits per heavy atom. The first-order chi connectivity index (χ1) is 13.8. The summed E-state index contributed by atoms with van der Waals surface area (Å²) in [5.41, 5.74) is 6.89. The summed E-state index contributed by atoms with van der Waals surface area (Å²) in [7, 11) is 0. The molecule has 0 saturated carbocycles. The number of halogens is 2. The van der Waals surface area contributed by atoms with E-state index in [1.165, 1.54) is 0 Å². The van der Waals surface area contributed by atoms with E-state index in [9.17, 15) is 9.90 Å². The van der Waals surface area contributed by atoms with E-state index in [2.05, 4.69) is 10.2 Å². The number of nitrogens with zero attached hydrogens (tertiary/aromatic N) is 1. The lowest BCUT2D eigenvalue weighted by molar-refractivity contribution is 0.0363. The van der Waals surface area contributed by atoms with Crippen LogP contribution in [0.15, 0.2) is 48.5 Å². The number of nitrogens with one attached hydrogen (secondary N) is 1. The number of β-amino-alcohol motifs (C(OH)–C–C–N with tert-alkyl or cyclic N) is 1. The number of aliphatic hydroxyl groups is 1. The van der Waals surface area contributed by atoms with Crippen molar-refractivity contribution in [2.24, 2.45) is 0 Å². The van der Waals surface area contributed by atoms with E-state index in [-0.39, 0.29) is 36.8 Å². The fourth-order valence-electron chi connectivity index (χ4n) is 3.63. The Hall–Kier alpha value is -1.99. The van der Waals surface area contributed by atoms with E-state index in [4.69, 9.17) is 10.5 Å². The van der Waals surface area contributed by atoms with Gasteiger partial charge < -0.3 is 25.8 Å². The topological polar surface area (TPSA) is 87.8 Å². The van der Waals surface area contributed by atoms with Crippen LogP contribution < -0.4 is 15.8 Å². The SMILES string of the molecule is CC(C)(O)CN1CCCC(Oc2ccc(C(=O)Nc3ccccc3N)cc2)CC1.Cl.Cl. The number of nitrogens with two attached hydrogens (primary N) is 1. The molecule has 0 bridgehead atoms. The molecule has 6 nitrogen and oxygen atoms in total. The van der Waals surface area contributed by atoms with Crippen molar-refractivity contribution >= 4 is 42.1 Å². The molecule has 1 saturated heterocycles. The molecule has 0 radical (unpaired) electrons. The highest BCUT2D eigenvalue weighted by atomic mass is 35.5. The van der Waals surface area contributed by atoms with Crippen LogP contribution in [0.25, 0.3) is 0 Å². The Kier molecular flexibility index (Phi) is 10.6. The molecule has 0 spiro atoms. The van der Waals surface area contributed by atoms with Gasteiger partial charge in [-0.1, -0.05) is 12.1 Å². The van der Waals surface area contributed by atoms with Gasteiger partial charge in [0.1, 0.15) is 5.75 Å². The number of hydrogen-bond acceptors (Lipinski definition) is 5. The average molecular weight is 470 g/mol. The summed E-state index contributed by atoms with van der Waals surface area (Å²) in [6.07, 6.45) is 3.09. The van der Waals surface area contributed by atoms with Crippen molar-refractivity contribution < 1.29 is 14.6 Å². The number of likely N-dealkylation sites (tertiary alicyclic amines) is 1. The molecule has 1 heterocycles. The molecule has 1 atom stereocenters. The first-order valence-corrected chi connectivity index (χ1v) is 10.2. The molecule has 2 aromatic rings. The second-order valence-electron chi connectivity index (χ2n) is 8.33. The second kappa shape index (κ2) is 12.2. The molecule has 1 amide bonds. The lowest BCUT2D eigenvalue weighted by Gasteiger charge is -2.27. The van der Waals surface area contributed by atoms with Gasteiger partial charge in [0.2, 0.25) is 0 Å². The number of hydrogen-bond donors (Lipinski definition) is 3. The van der Waals surface area contributed by atoms with Gasteiger partial charge in [-0.25, -0.2) is 0 Å². The number of carbonyl (C=O) groups excluding carboxylic acids is 1. The van der Waals surface area contributed by atoms with Crippen LogP contribution in [0.4, 0.5) is 11.4 Å². The molecular weight excluding hydrogens is 437 g/mol. The van der Waals surface area contributed by atoms with Crippen LogP contribution >= 0.6 is 24.8 Å². The van der Waals surface area contributed by atoms with Crippen LogP contribution in [-0.4, -0.2) is 47.3 Å². The summed E-state index contributed by atoms with van der Waals surface area (Å²) in [6.45, 7) is 6.25. The molecule has 2 aromatic carbocycles. The maximum Gasteiger partial charge on any atom is 0.255 e. The van der Waals surface area contributed by atoms with E-state index in [0.717, 1.165) is 38.1 Å². The van der Waals surface area contributed by atoms with Crippen molar-refractivity contribution in [3.05, 3.63) is 54.1 Å². The number of nitrogen functional groups attached to an aromatic ring is 1. The standard InChI is InChI=1S/C23H31N3O3.2ClH/c1-23(2,28)16-26-14-5-6-18(13-15-26)29-19-11-9-17(10-12-19)22(27)25-21-8-4-3-7-20(21)24;;/h3-4,7-12,18,28H,5-6,13-16,24H2,1-2H3,(H,25,27);2*1H. The molecule has 31 heavy (non-hydrogen) atoms. The second-order valence-corrected chi connectivity index (χ2v) is 8.33. The smallest absolute Gasteiger partial charge is 0.255 e. The number of rotatable bonds is 6. The van der Waals surface area contributed by atoms with Gasteiger partial charge >= 0.3 is 0 Å². The number of ether oxygens (including phenoxy) is 1. The molecule has 1 fully saturated rings. The lowest BCUT2D eigenvalue weighted by atomic mass is 10.1. The Labute approximate surface area is 197 Å². The molecule has 172 valence electrons. The molecule has 1 aliphatic rings. The largest absolute Gasteiger partial charge is 0.490 e. The van der Waals surface area contributed by atoms with Crippen LogP contribution in [0.5, 0.6) is 5.75 Å². The van der Waals surface area contributed by atoms with E-state index < -0.39 is 5.60 Å². The Balaban J connectivity index is 0.00000240. The van der Waals surface area contributed by atoms with Crippen molar-refractivity contribution in [3.8, 4) is 5.75 Å². The highest BCUT2D eigenvalue weighted by Gasteiger charge is 2.23. The molecule has 4 N–H and O–H groups in total. The Morgan fingerprint density at radius 3 is 2.45 bits per heavy atom. The molecule has 8 heteroatoms. The summed E-state index contributed by atoms with van der Waals surface area (Å²) in [5.74, 6) is 0.563. The first-order valence-electron chi connectivity index (χ1n) is 10.2. The van der Waals surface area contributed by atoms with E-state index in [1.54, 1.807) is 24.3 Å². The van der Waals surface area contributed by atoms with Gasteiger partial charge in [-0.05, 0) is 76.1 Å². The maximum atomic E-state index is 12.4. The fraction of sp³-hybridized carbons (Fsp3) is 0.435. The van der Waals surface area contributed by atoms with Gasteiger partial charge in [0, 0.05) is 18.7 Å². The lowest BCUT2D eigenvalue weighted by Crippen LogP contribution is -2.39. The van der Waals surface area contributed by atoms with Gasteiger partial charge in [0.25, 0.3) is 5.91 Å².